The molecule has 1 amide bonds. The van der Waals surface area contributed by atoms with Crippen molar-refractivity contribution >= 4 is 28.7 Å². The Balaban J connectivity index is 2.22. The summed E-state index contributed by atoms with van der Waals surface area (Å²) in [6.45, 7) is 5.66. The van der Waals surface area contributed by atoms with Gasteiger partial charge in [0.15, 0.2) is 5.78 Å². The number of anilines is 1. The van der Waals surface area contributed by atoms with Gasteiger partial charge in [-0.3, -0.25) is 9.59 Å². The number of nitrogens with zero attached hydrogens (tertiary/aromatic N) is 1. The second kappa shape index (κ2) is 9.16. The molecule has 0 spiro atoms. The largest absolute Gasteiger partial charge is 0.372 e. The lowest BCUT2D eigenvalue weighted by atomic mass is 10.0. The van der Waals surface area contributed by atoms with E-state index in [1.807, 2.05) is 41.1 Å². The van der Waals surface area contributed by atoms with Crippen LogP contribution in [-0.2, 0) is 4.79 Å². The minimum absolute atomic E-state index is 0.00187. The van der Waals surface area contributed by atoms with Crippen LogP contribution < -0.4 is 10.6 Å². The van der Waals surface area contributed by atoms with Crippen LogP contribution in [0.3, 0.4) is 0 Å². The summed E-state index contributed by atoms with van der Waals surface area (Å²) in [5.74, 6) is 0.188. The molecule has 0 unspecified atom stereocenters. The van der Waals surface area contributed by atoms with Crippen molar-refractivity contribution in [1.82, 2.24) is 5.32 Å². The van der Waals surface area contributed by atoms with E-state index in [9.17, 15) is 9.59 Å². The Morgan fingerprint density at radius 2 is 1.88 bits per heavy atom. The molecule has 2 N–H and O–H groups in total. The minimum Gasteiger partial charge on any atom is -0.372 e. The van der Waals surface area contributed by atoms with Crippen LogP contribution in [0.25, 0.3) is 11.1 Å². The third-order valence-corrected chi connectivity index (χ3v) is 4.70. The molecule has 0 saturated carbocycles. The van der Waals surface area contributed by atoms with Crippen LogP contribution >= 0.6 is 11.3 Å². The molecule has 26 heavy (non-hydrogen) atoms. The van der Waals surface area contributed by atoms with Gasteiger partial charge in [0.1, 0.15) is 12.6 Å². The number of thiophene rings is 1. The van der Waals surface area contributed by atoms with Crippen molar-refractivity contribution in [3.05, 3.63) is 40.6 Å². The van der Waals surface area contributed by atoms with E-state index < -0.39 is 6.04 Å². The van der Waals surface area contributed by atoms with Crippen LogP contribution in [0.2, 0.25) is 0 Å². The second-order valence-corrected chi connectivity index (χ2v) is 7.28. The second-order valence-electron chi connectivity index (χ2n) is 6.54. The number of rotatable bonds is 8. The smallest absolute Gasteiger partial charge is 0.243 e. The Bertz CT molecular complexity index is 803. The first kappa shape index (κ1) is 19.7. The van der Waals surface area contributed by atoms with Crippen LogP contribution in [-0.4, -0.2) is 24.3 Å². The average Bonchev–Trinajstić information content (AvgIpc) is 3.07. The van der Waals surface area contributed by atoms with Gasteiger partial charge in [0.2, 0.25) is 5.91 Å². The summed E-state index contributed by atoms with van der Waals surface area (Å²) in [7, 11) is 0. The SMILES string of the molecule is CC(=O)c1ccc(-c2cscc2N[C@@H](CC(C)C)C(=O)NCC#N)cc1. The van der Waals surface area contributed by atoms with Crippen molar-refractivity contribution in [2.75, 3.05) is 11.9 Å². The maximum atomic E-state index is 12.4. The number of hydrogen-bond donors (Lipinski definition) is 2. The number of ketones is 1. The van der Waals surface area contributed by atoms with Gasteiger partial charge in [-0.1, -0.05) is 38.1 Å². The van der Waals surface area contributed by atoms with Crippen LogP contribution in [0, 0.1) is 17.2 Å². The molecule has 136 valence electrons. The Hall–Kier alpha value is -2.65. The molecular weight excluding hydrogens is 346 g/mol. The van der Waals surface area contributed by atoms with Gasteiger partial charge in [0, 0.05) is 21.9 Å². The highest BCUT2D eigenvalue weighted by Crippen LogP contribution is 2.33. The molecule has 0 saturated heterocycles. The fraction of sp³-hybridized carbons (Fsp3) is 0.350. The molecule has 6 heteroatoms. The first-order valence-corrected chi connectivity index (χ1v) is 9.45. The number of carbonyl (C=O) groups excluding carboxylic acids is 2. The molecular formula is C20H23N3O2S. The molecule has 0 aliphatic rings. The van der Waals surface area contributed by atoms with Crippen LogP contribution in [0.4, 0.5) is 5.69 Å². The third-order valence-electron chi connectivity index (χ3n) is 3.96. The number of carbonyl (C=O) groups is 2. The zero-order valence-electron chi connectivity index (χ0n) is 15.2. The van der Waals surface area contributed by atoms with Crippen molar-refractivity contribution < 1.29 is 9.59 Å². The number of Topliss-reactive ketones (excluding diaryl/α,β-unsaturated/α-hetero) is 1. The summed E-state index contributed by atoms with van der Waals surface area (Å²) < 4.78 is 0. The molecule has 2 aromatic rings. The molecule has 0 bridgehead atoms. The van der Waals surface area contributed by atoms with Gasteiger partial charge in [0.05, 0.1) is 11.8 Å². The molecule has 1 aromatic heterocycles. The number of amides is 1. The Morgan fingerprint density at radius 3 is 2.46 bits per heavy atom. The summed E-state index contributed by atoms with van der Waals surface area (Å²) in [6, 6.07) is 8.97. The molecule has 0 fully saturated rings. The monoisotopic (exact) mass is 369 g/mol. The van der Waals surface area contributed by atoms with Gasteiger partial charge in [-0.2, -0.15) is 5.26 Å². The molecule has 1 heterocycles. The molecule has 1 aromatic carbocycles. The topological polar surface area (TPSA) is 82.0 Å². The van der Waals surface area contributed by atoms with Crippen LogP contribution in [0.1, 0.15) is 37.6 Å². The summed E-state index contributed by atoms with van der Waals surface area (Å²) >= 11 is 1.55. The zero-order chi connectivity index (χ0) is 19.1. The fourth-order valence-electron chi connectivity index (χ4n) is 2.66. The average molecular weight is 369 g/mol. The lowest BCUT2D eigenvalue weighted by Crippen LogP contribution is -2.40. The molecule has 0 radical (unpaired) electrons. The number of nitriles is 1. The van der Waals surface area contributed by atoms with E-state index in [0.29, 0.717) is 17.9 Å². The Morgan fingerprint density at radius 1 is 1.19 bits per heavy atom. The predicted octanol–water partition coefficient (Wildman–Crippen LogP) is 4.08. The molecule has 1 atom stereocenters. The summed E-state index contributed by atoms with van der Waals surface area (Å²) in [4.78, 5) is 23.8. The van der Waals surface area contributed by atoms with Gasteiger partial charge >= 0.3 is 0 Å². The Kier molecular flexibility index (Phi) is 6.93. The maximum absolute atomic E-state index is 12.4. The van der Waals surface area contributed by atoms with E-state index >= 15 is 0 Å². The van der Waals surface area contributed by atoms with E-state index in [0.717, 1.165) is 16.8 Å². The van der Waals surface area contributed by atoms with E-state index in [2.05, 4.69) is 24.5 Å². The van der Waals surface area contributed by atoms with E-state index in [4.69, 9.17) is 5.26 Å². The third kappa shape index (κ3) is 5.17. The van der Waals surface area contributed by atoms with Gasteiger partial charge < -0.3 is 10.6 Å². The molecule has 2 rings (SSSR count). The number of benzene rings is 1. The van der Waals surface area contributed by atoms with E-state index in [1.54, 1.807) is 18.3 Å². The lowest BCUT2D eigenvalue weighted by Gasteiger charge is -2.21. The fourth-order valence-corrected chi connectivity index (χ4v) is 3.46. The first-order chi connectivity index (χ1) is 12.4. The van der Waals surface area contributed by atoms with Crippen LogP contribution in [0.5, 0.6) is 0 Å². The maximum Gasteiger partial charge on any atom is 0.243 e. The highest BCUT2D eigenvalue weighted by Gasteiger charge is 2.21. The predicted molar refractivity (Wildman–Crippen MR) is 105 cm³/mol. The van der Waals surface area contributed by atoms with Crippen molar-refractivity contribution in [3.8, 4) is 17.2 Å². The Labute approximate surface area is 158 Å². The van der Waals surface area contributed by atoms with Crippen molar-refractivity contribution in [2.45, 2.75) is 33.2 Å². The van der Waals surface area contributed by atoms with Gasteiger partial charge in [-0.25, -0.2) is 0 Å². The lowest BCUT2D eigenvalue weighted by molar-refractivity contribution is -0.121. The van der Waals surface area contributed by atoms with E-state index in [-0.39, 0.29) is 18.2 Å². The highest BCUT2D eigenvalue weighted by atomic mass is 32.1. The quantitative estimate of drug-likeness (QED) is 0.542. The first-order valence-electron chi connectivity index (χ1n) is 8.51. The van der Waals surface area contributed by atoms with Crippen molar-refractivity contribution in [2.24, 2.45) is 5.92 Å². The summed E-state index contributed by atoms with van der Waals surface area (Å²) in [6.07, 6.45) is 0.663. The minimum atomic E-state index is -0.409. The number of nitrogens with one attached hydrogen (secondary N) is 2. The normalized spacial score (nSPS) is 11.7. The molecule has 5 nitrogen and oxygen atoms in total. The van der Waals surface area contributed by atoms with Gasteiger partial charge in [0.25, 0.3) is 0 Å². The van der Waals surface area contributed by atoms with Crippen molar-refractivity contribution in [3.63, 3.8) is 0 Å². The standard InChI is InChI=1S/C20H23N3O2S/c1-13(2)10-18(20(25)22-9-8-21)23-19-12-26-11-17(19)16-6-4-15(5-7-16)14(3)24/h4-7,11-13,18,23H,9-10H2,1-3H3,(H,22,25)/t18-/m0/s1. The van der Waals surface area contributed by atoms with Gasteiger partial charge in [-0.05, 0) is 24.8 Å². The van der Waals surface area contributed by atoms with Crippen LogP contribution in [0.15, 0.2) is 35.0 Å². The van der Waals surface area contributed by atoms with Crippen molar-refractivity contribution in [1.29, 1.82) is 5.26 Å². The zero-order valence-corrected chi connectivity index (χ0v) is 16.0. The highest BCUT2D eigenvalue weighted by molar-refractivity contribution is 7.08. The molecule has 0 aliphatic heterocycles. The number of hydrogen-bond acceptors (Lipinski definition) is 5. The van der Waals surface area contributed by atoms with Gasteiger partial charge in [-0.15, -0.1) is 11.3 Å². The van der Waals surface area contributed by atoms with E-state index in [1.165, 1.54) is 0 Å². The summed E-state index contributed by atoms with van der Waals surface area (Å²) in [5.41, 5.74) is 3.53. The summed E-state index contributed by atoms with van der Waals surface area (Å²) in [5, 5.41) is 18.6. The molecule has 0 aliphatic carbocycles.